The molecule has 1 heterocycles. The molecule has 0 saturated carbocycles. The lowest BCUT2D eigenvalue weighted by Gasteiger charge is -2.22. The van der Waals surface area contributed by atoms with Crippen molar-refractivity contribution in [3.63, 3.8) is 0 Å². The summed E-state index contributed by atoms with van der Waals surface area (Å²) in [5.41, 5.74) is 0.832. The molecule has 90 valence electrons. The number of halogens is 1. The number of ether oxygens (including phenoxy) is 1. The quantitative estimate of drug-likeness (QED) is 0.809. The number of carbonyl (C=O) groups is 1. The summed E-state index contributed by atoms with van der Waals surface area (Å²) >= 11 is 5.91. The number of likely N-dealkylation sites (N-methyl/N-ethyl adjacent to an activating group) is 1. The van der Waals surface area contributed by atoms with Crippen LogP contribution in [0.3, 0.4) is 0 Å². The van der Waals surface area contributed by atoms with Gasteiger partial charge >= 0.3 is 5.97 Å². The van der Waals surface area contributed by atoms with Gasteiger partial charge in [0, 0.05) is 0 Å². The first-order valence-electron chi connectivity index (χ1n) is 4.97. The first-order chi connectivity index (χ1) is 7.52. The van der Waals surface area contributed by atoms with Crippen LogP contribution in [0.25, 0.3) is 0 Å². The van der Waals surface area contributed by atoms with Gasteiger partial charge in [-0.1, -0.05) is 11.6 Å². The molecule has 2 atom stereocenters. The fraction of sp³-hybridized carbons (Fsp3) is 0.600. The Kier molecular flexibility index (Phi) is 4.32. The minimum absolute atomic E-state index is 0.162. The van der Waals surface area contributed by atoms with Gasteiger partial charge in [0.15, 0.2) is 0 Å². The van der Waals surface area contributed by atoms with Crippen LogP contribution in [0.15, 0.2) is 6.20 Å². The fourth-order valence-electron chi connectivity index (χ4n) is 1.64. The lowest BCUT2D eigenvalue weighted by Crippen LogP contribution is -2.42. The molecule has 1 rings (SSSR count). The van der Waals surface area contributed by atoms with E-state index in [-0.39, 0.29) is 12.0 Å². The molecule has 0 aromatic carbocycles. The van der Waals surface area contributed by atoms with Crippen molar-refractivity contribution < 1.29 is 9.53 Å². The van der Waals surface area contributed by atoms with E-state index in [9.17, 15) is 4.79 Å². The van der Waals surface area contributed by atoms with Gasteiger partial charge in [-0.25, -0.2) is 0 Å². The summed E-state index contributed by atoms with van der Waals surface area (Å²) in [6.07, 6.45) is 1.57. The molecule has 1 N–H and O–H groups in total. The summed E-state index contributed by atoms with van der Waals surface area (Å²) in [7, 11) is 3.07. The van der Waals surface area contributed by atoms with Gasteiger partial charge in [0.05, 0.1) is 30.1 Å². The third-order valence-corrected chi connectivity index (χ3v) is 2.99. The van der Waals surface area contributed by atoms with E-state index in [1.54, 1.807) is 17.9 Å². The van der Waals surface area contributed by atoms with Gasteiger partial charge in [0.1, 0.15) is 6.04 Å². The largest absolute Gasteiger partial charge is 0.468 e. The number of hydrogen-bond donors (Lipinski definition) is 1. The molecule has 0 aliphatic heterocycles. The topological polar surface area (TPSA) is 56.1 Å². The number of rotatable bonds is 4. The number of aromatic nitrogens is 2. The number of esters is 1. The highest BCUT2D eigenvalue weighted by molar-refractivity contribution is 6.31. The van der Waals surface area contributed by atoms with Crippen molar-refractivity contribution in [2.24, 2.45) is 0 Å². The molecule has 1 aromatic heterocycles. The monoisotopic (exact) mass is 245 g/mol. The third kappa shape index (κ3) is 2.36. The highest BCUT2D eigenvalue weighted by atomic mass is 35.5. The predicted octanol–water partition coefficient (Wildman–Crippen LogP) is 1.17. The maximum absolute atomic E-state index is 11.5. The Balaban J connectivity index is 2.95. The summed E-state index contributed by atoms with van der Waals surface area (Å²) < 4.78 is 6.43. The normalized spacial score (nSPS) is 14.6. The van der Waals surface area contributed by atoms with Crippen LogP contribution < -0.4 is 5.32 Å². The SMILES string of the molecule is CNC(C(=O)OC)C(C)n1ncc(Cl)c1C. The van der Waals surface area contributed by atoms with Crippen molar-refractivity contribution in [1.29, 1.82) is 0 Å². The molecule has 16 heavy (non-hydrogen) atoms. The van der Waals surface area contributed by atoms with Crippen molar-refractivity contribution in [2.75, 3.05) is 14.2 Å². The summed E-state index contributed by atoms with van der Waals surface area (Å²) in [4.78, 5) is 11.5. The van der Waals surface area contributed by atoms with Gasteiger partial charge < -0.3 is 10.1 Å². The molecule has 2 unspecified atom stereocenters. The second-order valence-electron chi connectivity index (χ2n) is 3.55. The molecular weight excluding hydrogens is 230 g/mol. The molecule has 0 fully saturated rings. The van der Waals surface area contributed by atoms with Crippen molar-refractivity contribution in [3.05, 3.63) is 16.9 Å². The first-order valence-corrected chi connectivity index (χ1v) is 5.35. The van der Waals surface area contributed by atoms with Crippen LogP contribution in [0.2, 0.25) is 5.02 Å². The number of nitrogens with one attached hydrogen (secondary N) is 1. The minimum atomic E-state index is -0.445. The van der Waals surface area contributed by atoms with Gasteiger partial charge in [-0.05, 0) is 20.9 Å². The zero-order valence-electron chi connectivity index (χ0n) is 9.82. The molecule has 0 spiro atoms. The Bertz CT molecular complexity index is 378. The van der Waals surface area contributed by atoms with Crippen molar-refractivity contribution >= 4 is 17.6 Å². The van der Waals surface area contributed by atoms with Gasteiger partial charge in [-0.3, -0.25) is 9.48 Å². The zero-order valence-corrected chi connectivity index (χ0v) is 10.6. The second-order valence-corrected chi connectivity index (χ2v) is 3.96. The van der Waals surface area contributed by atoms with E-state index >= 15 is 0 Å². The lowest BCUT2D eigenvalue weighted by molar-refractivity contribution is -0.144. The average molecular weight is 246 g/mol. The Labute approximate surface area is 99.7 Å². The van der Waals surface area contributed by atoms with Crippen molar-refractivity contribution in [2.45, 2.75) is 25.9 Å². The summed E-state index contributed by atoms with van der Waals surface area (Å²) in [5, 5.41) is 7.64. The molecule has 5 nitrogen and oxygen atoms in total. The lowest BCUT2D eigenvalue weighted by atomic mass is 10.1. The van der Waals surface area contributed by atoms with Gasteiger partial charge in [0.25, 0.3) is 0 Å². The molecule has 0 amide bonds. The Hall–Kier alpha value is -1.07. The second kappa shape index (κ2) is 5.32. The Morgan fingerprint density at radius 2 is 2.31 bits per heavy atom. The number of nitrogens with zero attached hydrogens (tertiary/aromatic N) is 2. The predicted molar refractivity (Wildman–Crippen MR) is 61.5 cm³/mol. The van der Waals surface area contributed by atoms with Crippen molar-refractivity contribution in [1.82, 2.24) is 15.1 Å². The maximum atomic E-state index is 11.5. The van der Waals surface area contributed by atoms with Crippen molar-refractivity contribution in [3.8, 4) is 0 Å². The summed E-state index contributed by atoms with van der Waals surface area (Å²) in [5.74, 6) is -0.318. The Morgan fingerprint density at radius 1 is 1.69 bits per heavy atom. The van der Waals surface area contributed by atoms with Crippen LogP contribution in [0.5, 0.6) is 0 Å². The highest BCUT2D eigenvalue weighted by Gasteiger charge is 2.27. The molecule has 0 radical (unpaired) electrons. The maximum Gasteiger partial charge on any atom is 0.325 e. The van der Waals surface area contributed by atoms with Crippen LogP contribution in [0.4, 0.5) is 0 Å². The molecular formula is C10H16ClN3O2. The molecule has 0 aliphatic rings. The number of hydrogen-bond acceptors (Lipinski definition) is 4. The molecule has 0 saturated heterocycles. The number of carbonyl (C=O) groups excluding carboxylic acids is 1. The first kappa shape index (κ1) is 13.0. The van der Waals surface area contributed by atoms with Gasteiger partial charge in [0.2, 0.25) is 0 Å². The summed E-state index contributed by atoms with van der Waals surface area (Å²) in [6, 6.07) is -0.607. The van der Waals surface area contributed by atoms with E-state index in [1.807, 2.05) is 13.8 Å². The van der Waals surface area contributed by atoms with E-state index in [0.29, 0.717) is 5.02 Å². The molecule has 1 aromatic rings. The molecule has 0 bridgehead atoms. The standard InChI is InChI=1S/C10H16ClN3O2/c1-6-8(11)5-13-14(6)7(2)9(12-3)10(15)16-4/h5,7,9,12H,1-4H3. The Morgan fingerprint density at radius 3 is 2.69 bits per heavy atom. The van der Waals surface area contributed by atoms with Gasteiger partial charge in [-0.2, -0.15) is 5.10 Å². The average Bonchev–Trinajstić information content (AvgIpc) is 2.60. The van der Waals surface area contributed by atoms with Crippen LogP contribution >= 0.6 is 11.6 Å². The van der Waals surface area contributed by atoms with Crippen LogP contribution in [0.1, 0.15) is 18.7 Å². The van der Waals surface area contributed by atoms with E-state index in [2.05, 4.69) is 10.4 Å². The number of methoxy groups -OCH3 is 1. The zero-order chi connectivity index (χ0) is 12.3. The van der Waals surface area contributed by atoms with E-state index < -0.39 is 6.04 Å². The van der Waals surface area contributed by atoms with Crippen LogP contribution in [0, 0.1) is 6.92 Å². The summed E-state index contributed by atoms with van der Waals surface area (Å²) in [6.45, 7) is 3.74. The highest BCUT2D eigenvalue weighted by Crippen LogP contribution is 2.20. The van der Waals surface area contributed by atoms with Crippen LogP contribution in [-0.4, -0.2) is 35.9 Å². The smallest absolute Gasteiger partial charge is 0.325 e. The molecule has 6 heteroatoms. The van der Waals surface area contributed by atoms with Crippen LogP contribution in [-0.2, 0) is 9.53 Å². The molecule has 0 aliphatic carbocycles. The van der Waals surface area contributed by atoms with E-state index in [1.165, 1.54) is 7.11 Å². The fourth-order valence-corrected chi connectivity index (χ4v) is 1.77. The third-order valence-electron chi connectivity index (χ3n) is 2.62. The minimum Gasteiger partial charge on any atom is -0.468 e. The van der Waals surface area contributed by atoms with Gasteiger partial charge in [-0.15, -0.1) is 0 Å². The van der Waals surface area contributed by atoms with E-state index in [0.717, 1.165) is 5.69 Å². The van der Waals surface area contributed by atoms with E-state index in [4.69, 9.17) is 16.3 Å².